The highest BCUT2D eigenvalue weighted by Gasteiger charge is 2.34. The van der Waals surface area contributed by atoms with Gasteiger partial charge in [-0.3, -0.25) is 9.69 Å². The third-order valence-corrected chi connectivity index (χ3v) is 5.06. The van der Waals surface area contributed by atoms with Crippen molar-refractivity contribution in [2.24, 2.45) is 0 Å². The van der Waals surface area contributed by atoms with Gasteiger partial charge in [-0.25, -0.2) is 9.18 Å². The van der Waals surface area contributed by atoms with Crippen LogP contribution >= 0.6 is 0 Å². The summed E-state index contributed by atoms with van der Waals surface area (Å²) < 4.78 is 25.6. The second-order valence-corrected chi connectivity index (χ2v) is 7.38. The minimum atomic E-state index is -0.595. The van der Waals surface area contributed by atoms with Crippen LogP contribution in [-0.2, 0) is 17.9 Å². The van der Waals surface area contributed by atoms with E-state index in [0.29, 0.717) is 30.3 Å². The van der Waals surface area contributed by atoms with Gasteiger partial charge in [0.25, 0.3) is 5.91 Å². The summed E-state index contributed by atoms with van der Waals surface area (Å²) in [6, 6.07) is 20.5. The van der Waals surface area contributed by atoms with Gasteiger partial charge in [0.1, 0.15) is 18.1 Å². The number of hydrogen-bond acceptors (Lipinski definition) is 4. The first-order valence-electron chi connectivity index (χ1n) is 10.6. The third kappa shape index (κ3) is 5.20. The van der Waals surface area contributed by atoms with Crippen LogP contribution in [0.4, 0.5) is 9.18 Å². The normalized spacial score (nSPS) is 14.5. The maximum absolute atomic E-state index is 14.0. The molecule has 1 N–H and O–H groups in total. The number of hydrogen-bond donors (Lipinski definition) is 1. The van der Waals surface area contributed by atoms with Crippen molar-refractivity contribution in [1.29, 1.82) is 0 Å². The van der Waals surface area contributed by atoms with Crippen LogP contribution in [0, 0.1) is 5.82 Å². The number of halogens is 1. The molecule has 6 nitrogen and oxygen atoms in total. The van der Waals surface area contributed by atoms with E-state index in [2.05, 4.69) is 5.32 Å². The number of benzene rings is 3. The largest absolute Gasteiger partial charge is 0.490 e. The Hall–Kier alpha value is -4.13. The molecule has 0 aliphatic carbocycles. The van der Waals surface area contributed by atoms with Crippen LogP contribution < -0.4 is 14.8 Å². The monoisotopic (exact) mass is 446 g/mol. The molecule has 1 aliphatic rings. The highest BCUT2D eigenvalue weighted by atomic mass is 19.1. The summed E-state index contributed by atoms with van der Waals surface area (Å²) in [6.45, 7) is 2.55. The van der Waals surface area contributed by atoms with Crippen LogP contribution in [0.15, 0.2) is 78.5 Å². The number of imide groups is 1. The van der Waals surface area contributed by atoms with Crippen LogP contribution in [0.2, 0.25) is 0 Å². The Morgan fingerprint density at radius 2 is 1.70 bits per heavy atom. The number of amides is 3. The maximum atomic E-state index is 14.0. The number of ether oxygens (including phenoxy) is 2. The van der Waals surface area contributed by atoms with Crippen molar-refractivity contribution in [2.45, 2.75) is 20.1 Å². The topological polar surface area (TPSA) is 67.9 Å². The lowest BCUT2D eigenvalue weighted by atomic mass is 10.1. The van der Waals surface area contributed by atoms with Gasteiger partial charge < -0.3 is 14.8 Å². The molecule has 4 rings (SSSR count). The second kappa shape index (κ2) is 9.99. The molecule has 33 heavy (non-hydrogen) atoms. The zero-order valence-corrected chi connectivity index (χ0v) is 18.1. The summed E-state index contributed by atoms with van der Waals surface area (Å²) in [6.07, 6.45) is 1.56. The molecule has 1 heterocycles. The SMILES string of the molecule is CCOc1cc(/C=C2/NC(=O)N(Cc3ccccc3F)C2=O)ccc1OCc1ccccc1. The molecule has 0 radical (unpaired) electrons. The lowest BCUT2D eigenvalue weighted by molar-refractivity contribution is -0.123. The van der Waals surface area contributed by atoms with Crippen molar-refractivity contribution in [3.63, 3.8) is 0 Å². The molecule has 1 aliphatic heterocycles. The summed E-state index contributed by atoms with van der Waals surface area (Å²) in [5.41, 5.74) is 2.06. The van der Waals surface area contributed by atoms with E-state index in [1.54, 1.807) is 42.5 Å². The standard InChI is InChI=1S/C26H23FN2O4/c1-2-32-24-15-19(12-13-23(24)33-17-18-8-4-3-5-9-18)14-22-25(30)29(26(31)28-22)16-20-10-6-7-11-21(20)27/h3-15H,2,16-17H2,1H3,(H,28,31)/b22-14+. The average Bonchev–Trinajstić information content (AvgIpc) is 3.08. The van der Waals surface area contributed by atoms with Gasteiger partial charge >= 0.3 is 6.03 Å². The number of urea groups is 1. The van der Waals surface area contributed by atoms with Gasteiger partial charge in [-0.05, 0) is 42.3 Å². The molecule has 168 valence electrons. The molecule has 0 saturated carbocycles. The Morgan fingerprint density at radius 3 is 2.45 bits per heavy atom. The Labute approximate surface area is 191 Å². The van der Waals surface area contributed by atoms with E-state index in [1.807, 2.05) is 37.3 Å². The number of carbonyl (C=O) groups is 2. The summed E-state index contributed by atoms with van der Waals surface area (Å²) in [5.74, 6) is 0.113. The van der Waals surface area contributed by atoms with Crippen molar-refractivity contribution in [2.75, 3.05) is 6.61 Å². The zero-order valence-electron chi connectivity index (χ0n) is 18.1. The smallest absolute Gasteiger partial charge is 0.329 e. The van der Waals surface area contributed by atoms with Crippen LogP contribution in [0.5, 0.6) is 11.5 Å². The second-order valence-electron chi connectivity index (χ2n) is 7.38. The lowest BCUT2D eigenvalue weighted by Gasteiger charge is -2.13. The van der Waals surface area contributed by atoms with Crippen LogP contribution in [0.25, 0.3) is 6.08 Å². The maximum Gasteiger partial charge on any atom is 0.329 e. The Morgan fingerprint density at radius 1 is 0.939 bits per heavy atom. The van der Waals surface area contributed by atoms with E-state index in [0.717, 1.165) is 10.5 Å². The highest BCUT2D eigenvalue weighted by molar-refractivity contribution is 6.13. The highest BCUT2D eigenvalue weighted by Crippen LogP contribution is 2.30. The minimum absolute atomic E-state index is 0.108. The molecular weight excluding hydrogens is 423 g/mol. The summed E-state index contributed by atoms with van der Waals surface area (Å²) in [5, 5.41) is 2.56. The van der Waals surface area contributed by atoms with E-state index in [4.69, 9.17) is 9.47 Å². The van der Waals surface area contributed by atoms with E-state index >= 15 is 0 Å². The fourth-order valence-corrected chi connectivity index (χ4v) is 3.42. The molecule has 0 spiro atoms. The van der Waals surface area contributed by atoms with E-state index in [9.17, 15) is 14.0 Å². The van der Waals surface area contributed by atoms with Crippen molar-refractivity contribution >= 4 is 18.0 Å². The molecule has 3 aromatic carbocycles. The fourth-order valence-electron chi connectivity index (χ4n) is 3.42. The van der Waals surface area contributed by atoms with Gasteiger partial charge in [0, 0.05) is 5.56 Å². The molecule has 1 saturated heterocycles. The molecule has 3 aromatic rings. The Bertz CT molecular complexity index is 1190. The van der Waals surface area contributed by atoms with Crippen molar-refractivity contribution in [3.05, 3.63) is 101 Å². The molecule has 1 fully saturated rings. The number of nitrogens with zero attached hydrogens (tertiary/aromatic N) is 1. The van der Waals surface area contributed by atoms with Gasteiger partial charge in [-0.2, -0.15) is 0 Å². The first kappa shape index (κ1) is 22.1. The third-order valence-electron chi connectivity index (χ3n) is 5.06. The van der Waals surface area contributed by atoms with Gasteiger partial charge in [-0.15, -0.1) is 0 Å². The molecule has 0 atom stereocenters. The number of rotatable bonds is 8. The van der Waals surface area contributed by atoms with Crippen molar-refractivity contribution in [1.82, 2.24) is 10.2 Å². The van der Waals surface area contributed by atoms with Crippen molar-refractivity contribution in [3.8, 4) is 11.5 Å². The number of carbonyl (C=O) groups excluding carboxylic acids is 2. The van der Waals surface area contributed by atoms with E-state index in [1.165, 1.54) is 6.07 Å². The molecule has 0 bridgehead atoms. The molecular formula is C26H23FN2O4. The molecule has 0 aromatic heterocycles. The van der Waals surface area contributed by atoms with Gasteiger partial charge in [0.15, 0.2) is 11.5 Å². The predicted molar refractivity (Wildman–Crippen MR) is 122 cm³/mol. The van der Waals surface area contributed by atoms with Gasteiger partial charge in [0.05, 0.1) is 13.2 Å². The Kier molecular flexibility index (Phi) is 6.69. The van der Waals surface area contributed by atoms with E-state index < -0.39 is 17.8 Å². The number of nitrogens with one attached hydrogen (secondary N) is 1. The molecule has 0 unspecified atom stereocenters. The minimum Gasteiger partial charge on any atom is -0.490 e. The average molecular weight is 446 g/mol. The Balaban J connectivity index is 1.51. The van der Waals surface area contributed by atoms with Crippen LogP contribution in [-0.4, -0.2) is 23.4 Å². The quantitative estimate of drug-likeness (QED) is 0.395. The summed E-state index contributed by atoms with van der Waals surface area (Å²) >= 11 is 0. The van der Waals surface area contributed by atoms with Crippen molar-refractivity contribution < 1.29 is 23.5 Å². The molecule has 7 heteroatoms. The van der Waals surface area contributed by atoms with Crippen LogP contribution in [0.1, 0.15) is 23.6 Å². The predicted octanol–water partition coefficient (Wildman–Crippen LogP) is 4.90. The van der Waals surface area contributed by atoms with Gasteiger partial charge in [0.2, 0.25) is 0 Å². The molecule has 3 amide bonds. The summed E-state index contributed by atoms with van der Waals surface area (Å²) in [7, 11) is 0. The fraction of sp³-hybridized carbons (Fsp3) is 0.154. The zero-order chi connectivity index (χ0) is 23.2. The van der Waals surface area contributed by atoms with E-state index in [-0.39, 0.29) is 17.8 Å². The lowest BCUT2D eigenvalue weighted by Crippen LogP contribution is -2.30. The van der Waals surface area contributed by atoms with Crippen LogP contribution in [0.3, 0.4) is 0 Å². The summed E-state index contributed by atoms with van der Waals surface area (Å²) in [4.78, 5) is 26.1. The first-order valence-corrected chi connectivity index (χ1v) is 10.6. The van der Waals surface area contributed by atoms with Gasteiger partial charge in [-0.1, -0.05) is 54.6 Å². The first-order chi connectivity index (χ1) is 16.0.